The third kappa shape index (κ3) is 3.66. The molecule has 0 aliphatic carbocycles. The molecule has 0 unspecified atom stereocenters. The van der Waals surface area contributed by atoms with Crippen LogP contribution < -0.4 is 0 Å². The highest BCUT2D eigenvalue weighted by molar-refractivity contribution is 7.98. The standard InChI is InChI=1S/C16H12Cl3N3S/c1-22-15(12-4-2-3-5-13(12)18)20-21-16(22)23-9-10-6-7-11(17)8-14(10)19/h2-8H,9H2,1H3. The number of halogens is 3. The van der Waals surface area contributed by atoms with Crippen molar-refractivity contribution in [3.63, 3.8) is 0 Å². The molecule has 23 heavy (non-hydrogen) atoms. The Morgan fingerprint density at radius 2 is 1.78 bits per heavy atom. The molecule has 3 aromatic rings. The number of benzene rings is 2. The molecule has 0 fully saturated rings. The molecule has 0 saturated carbocycles. The first-order valence-electron chi connectivity index (χ1n) is 6.77. The van der Waals surface area contributed by atoms with Gasteiger partial charge in [0.05, 0.1) is 5.02 Å². The largest absolute Gasteiger partial charge is 0.305 e. The summed E-state index contributed by atoms with van der Waals surface area (Å²) in [6, 6.07) is 13.1. The lowest BCUT2D eigenvalue weighted by Crippen LogP contribution is -1.95. The molecule has 0 radical (unpaired) electrons. The molecule has 0 spiro atoms. The van der Waals surface area contributed by atoms with Crippen LogP contribution in [0.25, 0.3) is 11.4 Å². The lowest BCUT2D eigenvalue weighted by atomic mass is 10.2. The van der Waals surface area contributed by atoms with Crippen LogP contribution in [0.2, 0.25) is 15.1 Å². The Kier molecular flexibility index (Phi) is 5.17. The average Bonchev–Trinajstić information content (AvgIpc) is 2.88. The zero-order valence-corrected chi connectivity index (χ0v) is 15.2. The summed E-state index contributed by atoms with van der Waals surface area (Å²) in [7, 11) is 1.92. The second kappa shape index (κ2) is 7.14. The Labute approximate surface area is 153 Å². The first kappa shape index (κ1) is 16.7. The summed E-state index contributed by atoms with van der Waals surface area (Å²) in [4.78, 5) is 0. The van der Waals surface area contributed by atoms with Gasteiger partial charge in [-0.2, -0.15) is 0 Å². The van der Waals surface area contributed by atoms with E-state index in [9.17, 15) is 0 Å². The van der Waals surface area contributed by atoms with E-state index in [1.807, 2.05) is 48.0 Å². The Hall–Kier alpha value is -1.20. The van der Waals surface area contributed by atoms with Gasteiger partial charge in [0.25, 0.3) is 0 Å². The molecule has 0 aliphatic heterocycles. The maximum absolute atomic E-state index is 6.23. The zero-order chi connectivity index (χ0) is 16.4. The molecule has 7 heteroatoms. The van der Waals surface area contributed by atoms with Crippen LogP contribution in [0, 0.1) is 0 Å². The molecule has 0 bridgehead atoms. The van der Waals surface area contributed by atoms with E-state index in [0.717, 1.165) is 22.1 Å². The van der Waals surface area contributed by atoms with Gasteiger partial charge in [-0.3, -0.25) is 0 Å². The van der Waals surface area contributed by atoms with Gasteiger partial charge in [0.15, 0.2) is 11.0 Å². The van der Waals surface area contributed by atoms with Crippen LogP contribution >= 0.6 is 46.6 Å². The Balaban J connectivity index is 1.81. The molecule has 118 valence electrons. The first-order chi connectivity index (χ1) is 11.1. The highest BCUT2D eigenvalue weighted by Crippen LogP contribution is 2.31. The van der Waals surface area contributed by atoms with Crippen molar-refractivity contribution in [3.05, 3.63) is 63.1 Å². The number of hydrogen-bond acceptors (Lipinski definition) is 3. The van der Waals surface area contributed by atoms with Crippen molar-refractivity contribution in [3.8, 4) is 11.4 Å². The van der Waals surface area contributed by atoms with Crippen molar-refractivity contribution in [2.75, 3.05) is 0 Å². The Morgan fingerprint density at radius 1 is 1.00 bits per heavy atom. The van der Waals surface area contributed by atoms with Crippen LogP contribution in [-0.4, -0.2) is 14.8 Å². The van der Waals surface area contributed by atoms with Crippen molar-refractivity contribution in [1.29, 1.82) is 0 Å². The second-order valence-electron chi connectivity index (χ2n) is 4.87. The van der Waals surface area contributed by atoms with Crippen LogP contribution in [0.4, 0.5) is 0 Å². The molecule has 3 nitrogen and oxygen atoms in total. The molecule has 2 aromatic carbocycles. The van der Waals surface area contributed by atoms with Crippen molar-refractivity contribution < 1.29 is 0 Å². The fourth-order valence-corrected chi connectivity index (χ4v) is 3.79. The number of rotatable bonds is 4. The molecule has 1 aromatic heterocycles. The van der Waals surface area contributed by atoms with Gasteiger partial charge >= 0.3 is 0 Å². The maximum Gasteiger partial charge on any atom is 0.191 e. The summed E-state index contributed by atoms with van der Waals surface area (Å²) < 4.78 is 1.93. The maximum atomic E-state index is 6.23. The van der Waals surface area contributed by atoms with Crippen molar-refractivity contribution >= 4 is 46.6 Å². The van der Waals surface area contributed by atoms with Gasteiger partial charge in [0.2, 0.25) is 0 Å². The number of aromatic nitrogens is 3. The summed E-state index contributed by atoms with van der Waals surface area (Å²) in [6.07, 6.45) is 0. The van der Waals surface area contributed by atoms with Crippen molar-refractivity contribution in [2.24, 2.45) is 7.05 Å². The summed E-state index contributed by atoms with van der Waals surface area (Å²) in [5, 5.41) is 11.2. The molecular weight excluding hydrogens is 373 g/mol. The van der Waals surface area contributed by atoms with E-state index in [2.05, 4.69) is 10.2 Å². The van der Waals surface area contributed by atoms with E-state index in [4.69, 9.17) is 34.8 Å². The van der Waals surface area contributed by atoms with Gasteiger partial charge in [0, 0.05) is 28.4 Å². The van der Waals surface area contributed by atoms with E-state index in [-0.39, 0.29) is 0 Å². The monoisotopic (exact) mass is 383 g/mol. The highest BCUT2D eigenvalue weighted by atomic mass is 35.5. The van der Waals surface area contributed by atoms with Gasteiger partial charge in [-0.1, -0.05) is 64.8 Å². The predicted molar refractivity (Wildman–Crippen MR) is 97.5 cm³/mol. The van der Waals surface area contributed by atoms with E-state index < -0.39 is 0 Å². The average molecular weight is 385 g/mol. The minimum Gasteiger partial charge on any atom is -0.305 e. The predicted octanol–water partition coefficient (Wildman–Crippen LogP) is 5.73. The molecule has 0 amide bonds. The summed E-state index contributed by atoms with van der Waals surface area (Å²) >= 11 is 19.9. The fraction of sp³-hybridized carbons (Fsp3) is 0.125. The number of hydrogen-bond donors (Lipinski definition) is 0. The van der Waals surface area contributed by atoms with E-state index in [0.29, 0.717) is 20.8 Å². The van der Waals surface area contributed by atoms with Crippen molar-refractivity contribution in [1.82, 2.24) is 14.8 Å². The Bertz CT molecular complexity index is 848. The van der Waals surface area contributed by atoms with Crippen molar-refractivity contribution in [2.45, 2.75) is 10.9 Å². The minimum absolute atomic E-state index is 0.628. The van der Waals surface area contributed by atoms with Crippen LogP contribution in [0.3, 0.4) is 0 Å². The van der Waals surface area contributed by atoms with Gasteiger partial charge in [-0.05, 0) is 29.8 Å². The third-order valence-corrected chi connectivity index (χ3v) is 5.31. The van der Waals surface area contributed by atoms with Gasteiger partial charge in [0.1, 0.15) is 0 Å². The Morgan fingerprint density at radius 3 is 2.52 bits per heavy atom. The molecule has 1 heterocycles. The van der Waals surface area contributed by atoms with E-state index in [1.54, 1.807) is 17.8 Å². The summed E-state index contributed by atoms with van der Waals surface area (Å²) in [6.45, 7) is 0. The normalized spacial score (nSPS) is 11.0. The highest BCUT2D eigenvalue weighted by Gasteiger charge is 2.14. The number of nitrogens with zero attached hydrogens (tertiary/aromatic N) is 3. The zero-order valence-electron chi connectivity index (χ0n) is 12.1. The lowest BCUT2D eigenvalue weighted by molar-refractivity contribution is 0.794. The molecule has 0 aliphatic rings. The van der Waals surface area contributed by atoms with Crippen LogP contribution in [-0.2, 0) is 12.8 Å². The van der Waals surface area contributed by atoms with Crippen LogP contribution in [0.5, 0.6) is 0 Å². The smallest absolute Gasteiger partial charge is 0.191 e. The van der Waals surface area contributed by atoms with E-state index in [1.165, 1.54) is 0 Å². The molecule has 0 saturated heterocycles. The third-order valence-electron chi connectivity index (χ3n) is 3.32. The van der Waals surface area contributed by atoms with Gasteiger partial charge in [-0.25, -0.2) is 0 Å². The summed E-state index contributed by atoms with van der Waals surface area (Å²) in [5.74, 6) is 1.42. The summed E-state index contributed by atoms with van der Waals surface area (Å²) in [5.41, 5.74) is 1.86. The van der Waals surface area contributed by atoms with Gasteiger partial charge in [-0.15, -0.1) is 10.2 Å². The van der Waals surface area contributed by atoms with E-state index >= 15 is 0 Å². The molecule has 0 atom stereocenters. The first-order valence-corrected chi connectivity index (χ1v) is 8.89. The van der Waals surface area contributed by atoms with Crippen LogP contribution in [0.15, 0.2) is 47.6 Å². The molecule has 3 rings (SSSR count). The fourth-order valence-electron chi connectivity index (χ4n) is 2.10. The molecular formula is C16H12Cl3N3S. The lowest BCUT2D eigenvalue weighted by Gasteiger charge is -2.06. The van der Waals surface area contributed by atoms with Gasteiger partial charge < -0.3 is 4.57 Å². The quantitative estimate of drug-likeness (QED) is 0.538. The molecule has 0 N–H and O–H groups in total. The second-order valence-corrected chi connectivity index (χ2v) is 7.06. The van der Waals surface area contributed by atoms with Crippen LogP contribution in [0.1, 0.15) is 5.56 Å². The topological polar surface area (TPSA) is 30.7 Å². The minimum atomic E-state index is 0.628. The SMILES string of the molecule is Cn1c(SCc2ccc(Cl)cc2Cl)nnc1-c1ccccc1Cl. The number of thioether (sulfide) groups is 1.